The SMILES string of the molecule is CS(=O)(=O)C1(CC(N=C(NC(=O)OCCCN2CCCCC2)N2CCOCC2)C(=O)NC2(C#N)CCCC2)CCC(S(C)(=O)=O)(S(C)(=O)=O)CC1. The van der Waals surface area contributed by atoms with E-state index in [1.54, 1.807) is 4.90 Å². The van der Waals surface area contributed by atoms with E-state index in [2.05, 4.69) is 26.6 Å². The summed E-state index contributed by atoms with van der Waals surface area (Å²) in [5.74, 6) is -0.759. The molecule has 0 bridgehead atoms. The molecule has 0 radical (unpaired) electrons. The van der Waals surface area contributed by atoms with Crippen LogP contribution in [-0.2, 0) is 43.8 Å². The van der Waals surface area contributed by atoms with E-state index in [0.717, 1.165) is 51.2 Å². The molecule has 2 saturated carbocycles. The Labute approximate surface area is 302 Å². The van der Waals surface area contributed by atoms with Crippen molar-refractivity contribution in [2.24, 2.45) is 4.99 Å². The molecule has 0 aromatic rings. The normalized spacial score (nSPS) is 23.5. The van der Waals surface area contributed by atoms with E-state index in [0.29, 0.717) is 58.4 Å². The number of nitrogens with zero attached hydrogens (tertiary/aromatic N) is 4. The number of nitriles is 1. The van der Waals surface area contributed by atoms with Crippen LogP contribution in [0.3, 0.4) is 0 Å². The molecular formula is C32H54N6O10S3. The Hall–Kier alpha value is -2.53. The van der Waals surface area contributed by atoms with Crippen LogP contribution < -0.4 is 10.6 Å². The van der Waals surface area contributed by atoms with Gasteiger partial charge in [0.25, 0.3) is 0 Å². The number of aliphatic imine (C=N–C) groups is 1. The van der Waals surface area contributed by atoms with Gasteiger partial charge >= 0.3 is 6.09 Å². The maximum Gasteiger partial charge on any atom is 0.413 e. The zero-order valence-electron chi connectivity index (χ0n) is 30.0. The van der Waals surface area contributed by atoms with Gasteiger partial charge < -0.3 is 24.6 Å². The van der Waals surface area contributed by atoms with Gasteiger partial charge in [-0.3, -0.25) is 10.1 Å². The summed E-state index contributed by atoms with van der Waals surface area (Å²) in [5.41, 5.74) is -1.18. The summed E-state index contributed by atoms with van der Waals surface area (Å²) >= 11 is 0. The van der Waals surface area contributed by atoms with E-state index < -0.39 is 81.2 Å². The maximum atomic E-state index is 14.2. The molecular weight excluding hydrogens is 725 g/mol. The van der Waals surface area contributed by atoms with Crippen LogP contribution in [0, 0.1) is 11.3 Å². The van der Waals surface area contributed by atoms with E-state index in [-0.39, 0.29) is 25.4 Å². The Morgan fingerprint density at radius 3 is 1.96 bits per heavy atom. The van der Waals surface area contributed by atoms with E-state index in [1.165, 1.54) is 6.42 Å². The molecule has 290 valence electrons. The lowest BCUT2D eigenvalue weighted by Crippen LogP contribution is -2.57. The van der Waals surface area contributed by atoms with Crippen molar-refractivity contribution < 1.29 is 44.3 Å². The zero-order chi connectivity index (χ0) is 37.6. The molecule has 2 saturated heterocycles. The Morgan fingerprint density at radius 1 is 0.843 bits per heavy atom. The quantitative estimate of drug-likeness (QED) is 0.161. The molecule has 4 aliphatic rings. The Morgan fingerprint density at radius 2 is 1.43 bits per heavy atom. The second-order valence-electron chi connectivity index (χ2n) is 14.6. The largest absolute Gasteiger partial charge is 0.449 e. The van der Waals surface area contributed by atoms with Crippen LogP contribution in [-0.4, -0.2) is 145 Å². The van der Waals surface area contributed by atoms with Crippen molar-refractivity contribution in [1.29, 1.82) is 5.26 Å². The first-order valence-electron chi connectivity index (χ1n) is 17.7. The monoisotopic (exact) mass is 778 g/mol. The van der Waals surface area contributed by atoms with Crippen molar-refractivity contribution in [3.05, 3.63) is 0 Å². The number of rotatable bonds is 12. The predicted octanol–water partition coefficient (Wildman–Crippen LogP) is 1.13. The number of guanidine groups is 1. The maximum absolute atomic E-state index is 14.2. The van der Waals surface area contributed by atoms with Crippen molar-refractivity contribution in [3.8, 4) is 6.07 Å². The fourth-order valence-corrected chi connectivity index (χ4v) is 13.3. The minimum absolute atomic E-state index is 0.0296. The van der Waals surface area contributed by atoms with Gasteiger partial charge in [-0.25, -0.2) is 35.0 Å². The van der Waals surface area contributed by atoms with Gasteiger partial charge in [-0.1, -0.05) is 6.42 Å². The first kappa shape index (κ1) is 41.2. The van der Waals surface area contributed by atoms with Gasteiger partial charge in [-0.2, -0.15) is 5.26 Å². The number of ether oxygens (including phenoxy) is 2. The highest BCUT2D eigenvalue weighted by Crippen LogP contribution is 2.48. The van der Waals surface area contributed by atoms with Crippen LogP contribution in [0.15, 0.2) is 4.99 Å². The molecule has 2 N–H and O–H groups in total. The molecule has 4 rings (SSSR count). The topological polar surface area (TPSA) is 222 Å². The fraction of sp³-hybridized carbons (Fsp3) is 0.875. The third-order valence-corrected chi connectivity index (χ3v) is 18.5. The number of amides is 2. The van der Waals surface area contributed by atoms with Crippen LogP contribution in [0.4, 0.5) is 4.79 Å². The number of sulfone groups is 3. The van der Waals surface area contributed by atoms with Crippen LogP contribution in [0.2, 0.25) is 0 Å². The lowest BCUT2D eigenvalue weighted by atomic mass is 9.82. The predicted molar refractivity (Wildman–Crippen MR) is 191 cm³/mol. The standard InChI is InChI=1S/C32H54N6O10S3/c1-49(41,42)31(12-14-32(15-13-31,50(2,43)44)51(3,45)46)24-26(27(39)36-30(25-33)10-5-6-11-30)34-28(38-19-22-47-23-20-38)35-29(40)48-21-9-18-37-16-7-4-8-17-37/h26H,4-24H2,1-3H3,(H,36,39)(H,34,35,40). The lowest BCUT2D eigenvalue weighted by molar-refractivity contribution is -0.124. The number of carbonyl (C=O) groups excluding carboxylic acids is 2. The van der Waals surface area contributed by atoms with E-state index in [4.69, 9.17) is 9.47 Å². The summed E-state index contributed by atoms with van der Waals surface area (Å²) < 4.78 is 85.8. The minimum Gasteiger partial charge on any atom is -0.449 e. The van der Waals surface area contributed by atoms with Gasteiger partial charge in [-0.05, 0) is 90.1 Å². The van der Waals surface area contributed by atoms with E-state index in [1.807, 2.05) is 0 Å². The van der Waals surface area contributed by atoms with Crippen molar-refractivity contribution >= 4 is 47.5 Å². The third kappa shape index (κ3) is 9.92. The second kappa shape index (κ2) is 16.6. The number of nitrogens with one attached hydrogen (secondary N) is 2. The summed E-state index contributed by atoms with van der Waals surface area (Å²) in [7, 11) is -12.4. The van der Waals surface area contributed by atoms with Crippen molar-refractivity contribution in [1.82, 2.24) is 20.4 Å². The Kier molecular flexibility index (Phi) is 13.5. The second-order valence-corrected chi connectivity index (χ2v) is 21.9. The van der Waals surface area contributed by atoms with Crippen molar-refractivity contribution in [2.45, 2.75) is 104 Å². The molecule has 2 aliphatic heterocycles. The summed E-state index contributed by atoms with van der Waals surface area (Å²) in [4.78, 5) is 36.0. The molecule has 2 aliphatic carbocycles. The van der Waals surface area contributed by atoms with Crippen LogP contribution >= 0.6 is 0 Å². The molecule has 4 fully saturated rings. The number of alkyl carbamates (subject to hydrolysis) is 1. The highest BCUT2D eigenvalue weighted by atomic mass is 32.3. The number of likely N-dealkylation sites (tertiary alicyclic amines) is 1. The van der Waals surface area contributed by atoms with Crippen LogP contribution in [0.1, 0.15) is 83.5 Å². The molecule has 0 aromatic heterocycles. The molecule has 1 unspecified atom stereocenters. The summed E-state index contributed by atoms with van der Waals surface area (Å²) in [6.07, 6.45) is 6.01. The van der Waals surface area contributed by atoms with Gasteiger partial charge in [-0.15, -0.1) is 0 Å². The van der Waals surface area contributed by atoms with Gasteiger partial charge in [0.1, 0.15) is 11.6 Å². The highest BCUT2D eigenvalue weighted by Gasteiger charge is 2.58. The number of piperidine rings is 1. The molecule has 0 aromatic carbocycles. The fourth-order valence-electron chi connectivity index (χ4n) is 7.82. The number of morpholine rings is 1. The smallest absolute Gasteiger partial charge is 0.413 e. The highest BCUT2D eigenvalue weighted by molar-refractivity contribution is 8.09. The molecule has 19 heteroatoms. The average Bonchev–Trinajstić information content (AvgIpc) is 3.54. The van der Waals surface area contributed by atoms with Gasteiger partial charge in [0, 0.05) is 38.4 Å². The molecule has 1 atom stereocenters. The molecule has 0 spiro atoms. The Bertz CT molecular complexity index is 1620. The molecule has 2 amide bonds. The zero-order valence-corrected chi connectivity index (χ0v) is 32.5. The number of hydrogen-bond donors (Lipinski definition) is 2. The van der Waals surface area contributed by atoms with Gasteiger partial charge in [0.15, 0.2) is 33.6 Å². The molecule has 2 heterocycles. The van der Waals surface area contributed by atoms with Crippen molar-refractivity contribution in [3.63, 3.8) is 0 Å². The first-order valence-corrected chi connectivity index (χ1v) is 23.4. The van der Waals surface area contributed by atoms with Crippen LogP contribution in [0.5, 0.6) is 0 Å². The third-order valence-electron chi connectivity index (χ3n) is 11.1. The number of carbonyl (C=O) groups is 2. The summed E-state index contributed by atoms with van der Waals surface area (Å²) in [6.45, 7) is 4.14. The van der Waals surface area contributed by atoms with Gasteiger partial charge in [0.2, 0.25) is 11.9 Å². The number of hydrogen-bond acceptors (Lipinski definition) is 13. The average molecular weight is 779 g/mol. The van der Waals surface area contributed by atoms with E-state index >= 15 is 0 Å². The van der Waals surface area contributed by atoms with Gasteiger partial charge in [0.05, 0.1) is 30.6 Å². The molecule has 16 nitrogen and oxygen atoms in total. The summed E-state index contributed by atoms with van der Waals surface area (Å²) in [6, 6.07) is 0.734. The van der Waals surface area contributed by atoms with E-state index in [9.17, 15) is 40.1 Å². The first-order chi connectivity index (χ1) is 23.9. The minimum atomic E-state index is -4.18. The molecule has 51 heavy (non-hydrogen) atoms. The van der Waals surface area contributed by atoms with Crippen LogP contribution in [0.25, 0.3) is 0 Å². The van der Waals surface area contributed by atoms with Crippen molar-refractivity contribution in [2.75, 3.05) is 71.3 Å². The summed E-state index contributed by atoms with van der Waals surface area (Å²) in [5, 5.41) is 15.5. The lowest BCUT2D eigenvalue weighted by Gasteiger charge is -2.44. The Balaban J connectivity index is 1.66.